The number of terminal acetylenes is 1. The Bertz CT molecular complexity index is 1440. The van der Waals surface area contributed by atoms with Gasteiger partial charge in [-0.15, -0.1) is 12.3 Å². The summed E-state index contributed by atoms with van der Waals surface area (Å²) < 4.78 is 5.39. The molecule has 1 atom stereocenters. The van der Waals surface area contributed by atoms with E-state index in [0.717, 1.165) is 55.2 Å². The second kappa shape index (κ2) is 26.1. The number of carbonyl (C=O) groups excluding carboxylic acids is 3. The first-order chi connectivity index (χ1) is 24.3. The van der Waals surface area contributed by atoms with E-state index in [-0.39, 0.29) is 42.0 Å². The number of nitrogens with zero attached hydrogens (tertiary/aromatic N) is 1. The summed E-state index contributed by atoms with van der Waals surface area (Å²) >= 11 is 0. The molecule has 2 aromatic carbocycles. The van der Waals surface area contributed by atoms with Gasteiger partial charge in [0.2, 0.25) is 17.6 Å². The summed E-state index contributed by atoms with van der Waals surface area (Å²) in [4.78, 5) is 40.5. The summed E-state index contributed by atoms with van der Waals surface area (Å²) in [5.41, 5.74) is 6.86. The molecule has 2 aromatic rings. The fraction of sp³-hybridized carbons (Fsp3) is 0.442. The van der Waals surface area contributed by atoms with Gasteiger partial charge in [-0.05, 0) is 61.9 Å². The Morgan fingerprint density at radius 3 is 2.22 bits per heavy atom. The second-order valence-electron chi connectivity index (χ2n) is 11.7. The van der Waals surface area contributed by atoms with Crippen LogP contribution in [0.15, 0.2) is 96.5 Å². The van der Waals surface area contributed by atoms with E-state index in [1.54, 1.807) is 12.2 Å². The first-order valence-electron chi connectivity index (χ1n) is 18.0. The summed E-state index contributed by atoms with van der Waals surface area (Å²) in [6.45, 7) is 14.1. The molecule has 0 heterocycles. The Morgan fingerprint density at radius 1 is 1.02 bits per heavy atom. The Kier molecular flexibility index (Phi) is 22.6. The highest BCUT2D eigenvalue weighted by molar-refractivity contribution is 5.94. The third kappa shape index (κ3) is 16.1. The number of rotatable bonds is 15. The van der Waals surface area contributed by atoms with Crippen molar-refractivity contribution in [1.82, 2.24) is 10.2 Å². The van der Waals surface area contributed by atoms with E-state index in [9.17, 15) is 14.4 Å². The molecule has 1 unspecified atom stereocenters. The van der Waals surface area contributed by atoms with Crippen molar-refractivity contribution in [3.8, 4) is 12.3 Å². The monoisotopic (exact) mass is 681 g/mol. The van der Waals surface area contributed by atoms with E-state index in [0.29, 0.717) is 25.1 Å². The van der Waals surface area contributed by atoms with E-state index in [1.165, 1.54) is 13.5 Å². The first-order valence-corrected chi connectivity index (χ1v) is 18.0. The molecular formula is C43H59N3O4. The molecule has 7 heteroatoms. The van der Waals surface area contributed by atoms with Crippen molar-refractivity contribution in [2.24, 2.45) is 0 Å². The molecule has 270 valence electrons. The van der Waals surface area contributed by atoms with Crippen LogP contribution in [0.4, 0.5) is 5.69 Å². The molecule has 3 amide bonds. The molecule has 0 aromatic heterocycles. The van der Waals surface area contributed by atoms with Crippen molar-refractivity contribution < 1.29 is 19.1 Å². The number of hydrogen-bond acceptors (Lipinski definition) is 4. The molecular weight excluding hydrogens is 622 g/mol. The van der Waals surface area contributed by atoms with Gasteiger partial charge < -0.3 is 20.3 Å². The van der Waals surface area contributed by atoms with E-state index in [1.807, 2.05) is 88.1 Å². The molecule has 0 bridgehead atoms. The predicted octanol–water partition coefficient (Wildman–Crippen LogP) is 9.25. The summed E-state index contributed by atoms with van der Waals surface area (Å²) in [6, 6.07) is 17.7. The molecule has 7 nitrogen and oxygen atoms in total. The van der Waals surface area contributed by atoms with Crippen LogP contribution in [-0.2, 0) is 25.7 Å². The van der Waals surface area contributed by atoms with Gasteiger partial charge in [-0.1, -0.05) is 119 Å². The summed E-state index contributed by atoms with van der Waals surface area (Å²) in [5, 5.41) is 5.59. The van der Waals surface area contributed by atoms with Crippen LogP contribution in [0.25, 0.3) is 0 Å². The van der Waals surface area contributed by atoms with Gasteiger partial charge in [-0.3, -0.25) is 14.4 Å². The lowest BCUT2D eigenvalue weighted by Gasteiger charge is -2.34. The quantitative estimate of drug-likeness (QED) is 0.0645. The average molecular weight is 682 g/mol. The maximum absolute atomic E-state index is 13.4. The first kappa shape index (κ1) is 43.2. The van der Waals surface area contributed by atoms with Crippen LogP contribution in [0.5, 0.6) is 0 Å². The molecule has 0 radical (unpaired) electrons. The Morgan fingerprint density at radius 2 is 1.66 bits per heavy atom. The van der Waals surface area contributed by atoms with Crippen molar-refractivity contribution in [3.63, 3.8) is 0 Å². The highest BCUT2D eigenvalue weighted by Crippen LogP contribution is 2.29. The van der Waals surface area contributed by atoms with Crippen LogP contribution in [0.3, 0.4) is 0 Å². The Balaban J connectivity index is 0.00000194. The molecule has 1 aliphatic carbocycles. The highest BCUT2D eigenvalue weighted by Gasteiger charge is 2.28. The van der Waals surface area contributed by atoms with Crippen LogP contribution in [-0.4, -0.2) is 42.3 Å². The van der Waals surface area contributed by atoms with Gasteiger partial charge in [0, 0.05) is 37.0 Å². The topological polar surface area (TPSA) is 87.7 Å². The zero-order valence-corrected chi connectivity index (χ0v) is 31.2. The maximum atomic E-state index is 13.4. The Hall–Kier alpha value is -4.79. The van der Waals surface area contributed by atoms with Crippen LogP contribution in [0.2, 0.25) is 0 Å². The van der Waals surface area contributed by atoms with Gasteiger partial charge in [0.25, 0.3) is 5.91 Å². The standard InChI is InChI=1S/C37H47N3O4.C4H6.C2H6/c1-5-7-19-34(44-4)37(43)40(32-17-12-9-13-18-32)27-29-20-22-31(23-21-29)39-36(42)26-38-35(41)25-24-33(28(3)14-6-2)30-15-10-8-11-16-30;1-3-4-2;1-2/h6-8,10-11,14-16,20-23,32-33H,2,5,9,12-13,17-18,24-27H2,1,3-4H3,(H,38,41)(H,39,42);1H,4H2,2H3;1-2H3/b28-14+;;. The summed E-state index contributed by atoms with van der Waals surface area (Å²) in [5.74, 6) is 2.13. The lowest BCUT2D eigenvalue weighted by atomic mass is 9.87. The Labute approximate surface area is 302 Å². The maximum Gasteiger partial charge on any atom is 0.297 e. The van der Waals surface area contributed by atoms with Crippen molar-refractivity contribution in [2.45, 2.75) is 111 Å². The normalized spacial score (nSPS) is 12.9. The minimum atomic E-state index is -0.301. The summed E-state index contributed by atoms with van der Waals surface area (Å²) in [6.07, 6.45) is 18.2. The molecule has 3 rings (SSSR count). The zero-order valence-electron chi connectivity index (χ0n) is 31.2. The lowest BCUT2D eigenvalue weighted by Crippen LogP contribution is -2.41. The van der Waals surface area contributed by atoms with Crippen molar-refractivity contribution in [2.75, 3.05) is 19.0 Å². The van der Waals surface area contributed by atoms with E-state index >= 15 is 0 Å². The van der Waals surface area contributed by atoms with Gasteiger partial charge in [0.1, 0.15) is 0 Å². The molecule has 1 fully saturated rings. The molecule has 0 aliphatic heterocycles. The average Bonchev–Trinajstić information content (AvgIpc) is 3.15. The van der Waals surface area contributed by atoms with Gasteiger partial charge in [-0.2, -0.15) is 0 Å². The number of allylic oxidation sites excluding steroid dienone is 3. The largest absolute Gasteiger partial charge is 0.485 e. The minimum absolute atomic E-state index is 0.0986. The number of methoxy groups -OCH3 is 1. The molecule has 50 heavy (non-hydrogen) atoms. The lowest BCUT2D eigenvalue weighted by molar-refractivity contribution is -0.134. The SMILES string of the molecule is C#CCC.C=C/C=C(\C)C(CCC(=O)NCC(=O)Nc1ccc(CN(C(=O)C(=C=CCC)OC)C2CCCCC2)cc1)c1ccccc1.CC. The number of carbonyl (C=O) groups is 3. The molecule has 2 N–H and O–H groups in total. The number of anilines is 1. The number of hydrogen-bond donors (Lipinski definition) is 2. The van der Waals surface area contributed by atoms with Gasteiger partial charge in [0.05, 0.1) is 13.7 Å². The number of ether oxygens (including phenoxy) is 1. The van der Waals surface area contributed by atoms with Crippen LogP contribution >= 0.6 is 0 Å². The molecule has 0 saturated heterocycles. The van der Waals surface area contributed by atoms with Crippen LogP contribution in [0.1, 0.15) is 109 Å². The van der Waals surface area contributed by atoms with Gasteiger partial charge in [0.15, 0.2) is 0 Å². The van der Waals surface area contributed by atoms with Crippen molar-refractivity contribution in [1.29, 1.82) is 0 Å². The van der Waals surface area contributed by atoms with E-state index in [2.05, 4.69) is 41.0 Å². The third-order valence-corrected chi connectivity index (χ3v) is 8.15. The zero-order chi connectivity index (χ0) is 37.1. The number of benzene rings is 2. The van der Waals surface area contributed by atoms with Crippen molar-refractivity contribution in [3.05, 3.63) is 108 Å². The molecule has 1 saturated carbocycles. The summed E-state index contributed by atoms with van der Waals surface area (Å²) in [7, 11) is 1.51. The second-order valence-corrected chi connectivity index (χ2v) is 11.7. The van der Waals surface area contributed by atoms with Crippen LogP contribution < -0.4 is 10.6 Å². The van der Waals surface area contributed by atoms with Gasteiger partial charge in [-0.25, -0.2) is 0 Å². The molecule has 1 aliphatic rings. The number of nitrogens with one attached hydrogen (secondary N) is 2. The molecule has 0 spiro atoms. The van der Waals surface area contributed by atoms with E-state index in [4.69, 9.17) is 11.2 Å². The highest BCUT2D eigenvalue weighted by atomic mass is 16.5. The van der Waals surface area contributed by atoms with Gasteiger partial charge >= 0.3 is 0 Å². The fourth-order valence-corrected chi connectivity index (χ4v) is 5.58. The smallest absolute Gasteiger partial charge is 0.297 e. The minimum Gasteiger partial charge on any atom is -0.485 e. The fourth-order valence-electron chi connectivity index (χ4n) is 5.58. The predicted molar refractivity (Wildman–Crippen MR) is 207 cm³/mol. The van der Waals surface area contributed by atoms with Crippen LogP contribution in [0, 0.1) is 12.3 Å². The van der Waals surface area contributed by atoms with Crippen molar-refractivity contribution >= 4 is 23.4 Å². The number of amides is 3. The third-order valence-electron chi connectivity index (χ3n) is 8.15. The van der Waals surface area contributed by atoms with E-state index < -0.39 is 0 Å².